The summed E-state index contributed by atoms with van der Waals surface area (Å²) < 4.78 is 2.88. The van der Waals surface area contributed by atoms with E-state index in [0.29, 0.717) is 10.8 Å². The highest BCUT2D eigenvalue weighted by Crippen LogP contribution is 2.37. The fourth-order valence-corrected chi connectivity index (χ4v) is 3.95. The maximum Gasteiger partial charge on any atom is 0.196 e. The van der Waals surface area contributed by atoms with Gasteiger partial charge in [-0.3, -0.25) is 9.67 Å². The summed E-state index contributed by atoms with van der Waals surface area (Å²) in [5.41, 5.74) is 2.81. The molecule has 20 heavy (non-hydrogen) atoms. The molecule has 1 aliphatic carbocycles. The smallest absolute Gasteiger partial charge is 0.196 e. The standard InChI is InChI=1S/C15H13N3S2/c19-15-17-16-14(13-6-3-9-20-13)18(15)12-8-7-10-4-1-2-5-11(10)12/h1-6,9,12H,7-8H2,(H,17,19). The quantitative estimate of drug-likeness (QED) is 0.719. The van der Waals surface area contributed by atoms with Crippen LogP contribution in [0.3, 0.4) is 0 Å². The Morgan fingerprint density at radius 2 is 2.15 bits per heavy atom. The van der Waals surface area contributed by atoms with E-state index in [1.807, 2.05) is 6.07 Å². The molecule has 1 N–H and O–H groups in total. The average Bonchev–Trinajstić information content (AvgIpc) is 3.16. The number of fused-ring (bicyclic) bond motifs is 1. The number of aromatic nitrogens is 3. The molecule has 0 radical (unpaired) electrons. The van der Waals surface area contributed by atoms with Gasteiger partial charge in [-0.05, 0) is 47.6 Å². The molecular formula is C15H13N3S2. The lowest BCUT2D eigenvalue weighted by molar-refractivity contribution is 0.578. The number of nitrogens with zero attached hydrogens (tertiary/aromatic N) is 2. The van der Waals surface area contributed by atoms with Crippen molar-refractivity contribution < 1.29 is 0 Å². The van der Waals surface area contributed by atoms with E-state index < -0.39 is 0 Å². The Bertz CT molecular complexity index is 799. The monoisotopic (exact) mass is 299 g/mol. The summed E-state index contributed by atoms with van der Waals surface area (Å²) in [5.74, 6) is 0.951. The lowest BCUT2D eigenvalue weighted by Gasteiger charge is -2.15. The summed E-state index contributed by atoms with van der Waals surface area (Å²) in [7, 11) is 0. The van der Waals surface area contributed by atoms with Crippen LogP contribution < -0.4 is 0 Å². The topological polar surface area (TPSA) is 33.6 Å². The first-order valence-electron chi connectivity index (χ1n) is 6.63. The maximum absolute atomic E-state index is 5.46. The van der Waals surface area contributed by atoms with Crippen molar-refractivity contribution in [3.8, 4) is 10.7 Å². The minimum Gasteiger partial charge on any atom is -0.292 e. The first kappa shape index (κ1) is 12.1. The number of nitrogens with one attached hydrogen (secondary N) is 1. The van der Waals surface area contributed by atoms with Crippen LogP contribution in [0.5, 0.6) is 0 Å². The van der Waals surface area contributed by atoms with E-state index in [2.05, 4.69) is 50.5 Å². The molecule has 1 aromatic carbocycles. The lowest BCUT2D eigenvalue weighted by Crippen LogP contribution is -2.09. The van der Waals surface area contributed by atoms with Gasteiger partial charge in [-0.1, -0.05) is 30.3 Å². The highest BCUT2D eigenvalue weighted by Gasteiger charge is 2.26. The SMILES string of the molecule is S=c1[nH]nc(-c2cccs2)n1C1CCc2ccccc21. The average molecular weight is 299 g/mol. The third-order valence-electron chi connectivity index (χ3n) is 3.86. The number of aromatic amines is 1. The minimum atomic E-state index is 0.301. The van der Waals surface area contributed by atoms with Crippen molar-refractivity contribution in [1.29, 1.82) is 0 Å². The van der Waals surface area contributed by atoms with E-state index in [-0.39, 0.29) is 0 Å². The molecule has 100 valence electrons. The summed E-state index contributed by atoms with van der Waals surface area (Å²) in [6, 6.07) is 13.1. The molecule has 1 aliphatic rings. The van der Waals surface area contributed by atoms with Crippen molar-refractivity contribution in [2.45, 2.75) is 18.9 Å². The fraction of sp³-hybridized carbons (Fsp3) is 0.200. The van der Waals surface area contributed by atoms with Crippen LogP contribution in [0.4, 0.5) is 0 Å². The molecule has 0 fully saturated rings. The number of H-pyrrole nitrogens is 1. The molecule has 0 spiro atoms. The Hall–Kier alpha value is -1.72. The van der Waals surface area contributed by atoms with Gasteiger partial charge < -0.3 is 0 Å². The summed E-state index contributed by atoms with van der Waals surface area (Å²) in [6.45, 7) is 0. The van der Waals surface area contributed by atoms with Crippen LogP contribution >= 0.6 is 23.6 Å². The van der Waals surface area contributed by atoms with Crippen molar-refractivity contribution in [3.63, 3.8) is 0 Å². The largest absolute Gasteiger partial charge is 0.292 e. The maximum atomic E-state index is 5.46. The third-order valence-corrected chi connectivity index (χ3v) is 5.01. The van der Waals surface area contributed by atoms with E-state index in [9.17, 15) is 0 Å². The van der Waals surface area contributed by atoms with E-state index in [0.717, 1.165) is 23.5 Å². The summed E-state index contributed by atoms with van der Waals surface area (Å²) in [4.78, 5) is 1.15. The third kappa shape index (κ3) is 1.77. The van der Waals surface area contributed by atoms with Crippen LogP contribution in [0, 0.1) is 4.77 Å². The van der Waals surface area contributed by atoms with E-state index in [4.69, 9.17) is 12.2 Å². The second-order valence-corrected chi connectivity index (χ2v) is 6.29. The lowest BCUT2D eigenvalue weighted by atomic mass is 10.1. The Balaban J connectivity index is 1.89. The number of aryl methyl sites for hydroxylation is 1. The zero-order chi connectivity index (χ0) is 13.5. The van der Waals surface area contributed by atoms with Gasteiger partial charge in [0.15, 0.2) is 10.6 Å². The van der Waals surface area contributed by atoms with E-state index in [1.54, 1.807) is 11.3 Å². The number of thiophene rings is 1. The number of benzene rings is 1. The van der Waals surface area contributed by atoms with E-state index >= 15 is 0 Å². The molecule has 0 bridgehead atoms. The molecule has 0 amide bonds. The molecule has 5 heteroatoms. The molecule has 4 rings (SSSR count). The molecule has 0 aliphatic heterocycles. The van der Waals surface area contributed by atoms with Crippen molar-refractivity contribution in [2.24, 2.45) is 0 Å². The Kier molecular flexibility index (Phi) is 2.82. The van der Waals surface area contributed by atoms with Gasteiger partial charge in [-0.15, -0.1) is 11.3 Å². The number of hydrogen-bond donors (Lipinski definition) is 1. The van der Waals surface area contributed by atoms with Gasteiger partial charge >= 0.3 is 0 Å². The molecule has 2 aromatic heterocycles. The van der Waals surface area contributed by atoms with Crippen LogP contribution in [0.2, 0.25) is 0 Å². The first-order valence-corrected chi connectivity index (χ1v) is 7.92. The van der Waals surface area contributed by atoms with Crippen LogP contribution in [0.25, 0.3) is 10.7 Å². The molecular weight excluding hydrogens is 286 g/mol. The van der Waals surface area contributed by atoms with Gasteiger partial charge in [0.25, 0.3) is 0 Å². The fourth-order valence-electron chi connectivity index (χ4n) is 2.98. The number of hydrogen-bond acceptors (Lipinski definition) is 3. The summed E-state index contributed by atoms with van der Waals surface area (Å²) in [5, 5.41) is 9.46. The van der Waals surface area contributed by atoms with Gasteiger partial charge in [0.2, 0.25) is 0 Å². The van der Waals surface area contributed by atoms with Crippen LogP contribution in [-0.2, 0) is 6.42 Å². The molecule has 1 atom stereocenters. The van der Waals surface area contributed by atoms with Crippen LogP contribution in [0.15, 0.2) is 41.8 Å². The zero-order valence-corrected chi connectivity index (χ0v) is 12.4. The van der Waals surface area contributed by atoms with Gasteiger partial charge in [-0.2, -0.15) is 5.10 Å². The number of rotatable bonds is 2. The normalized spacial score (nSPS) is 17.3. The first-order chi connectivity index (χ1) is 9.84. The van der Waals surface area contributed by atoms with Crippen molar-refractivity contribution in [2.75, 3.05) is 0 Å². The molecule has 1 unspecified atom stereocenters. The van der Waals surface area contributed by atoms with Gasteiger partial charge in [0.05, 0.1) is 10.9 Å². The molecule has 0 saturated heterocycles. The predicted molar refractivity (Wildman–Crippen MR) is 83.6 cm³/mol. The van der Waals surface area contributed by atoms with Crippen LogP contribution in [0.1, 0.15) is 23.6 Å². The van der Waals surface area contributed by atoms with Gasteiger partial charge in [-0.25, -0.2) is 0 Å². The Morgan fingerprint density at radius 3 is 3.00 bits per heavy atom. The van der Waals surface area contributed by atoms with Crippen molar-refractivity contribution >= 4 is 23.6 Å². The molecule has 0 saturated carbocycles. The molecule has 2 heterocycles. The highest BCUT2D eigenvalue weighted by atomic mass is 32.1. The van der Waals surface area contributed by atoms with E-state index in [1.165, 1.54) is 11.1 Å². The summed E-state index contributed by atoms with van der Waals surface area (Å²) in [6.07, 6.45) is 2.20. The minimum absolute atomic E-state index is 0.301. The molecule has 3 nitrogen and oxygen atoms in total. The van der Waals surface area contributed by atoms with Gasteiger partial charge in [0, 0.05) is 0 Å². The summed E-state index contributed by atoms with van der Waals surface area (Å²) >= 11 is 7.16. The van der Waals surface area contributed by atoms with Gasteiger partial charge in [0.1, 0.15) is 0 Å². The Labute approximate surface area is 125 Å². The second-order valence-electron chi connectivity index (χ2n) is 4.95. The van der Waals surface area contributed by atoms with Crippen molar-refractivity contribution in [1.82, 2.24) is 14.8 Å². The predicted octanol–water partition coefficient (Wildman–Crippen LogP) is 4.20. The second kappa shape index (κ2) is 4.68. The molecule has 3 aromatic rings. The highest BCUT2D eigenvalue weighted by molar-refractivity contribution is 7.71. The van der Waals surface area contributed by atoms with Crippen molar-refractivity contribution in [3.05, 3.63) is 57.7 Å². The zero-order valence-electron chi connectivity index (χ0n) is 10.7. The van der Waals surface area contributed by atoms with Crippen LogP contribution in [-0.4, -0.2) is 14.8 Å². The Morgan fingerprint density at radius 1 is 1.25 bits per heavy atom.